The van der Waals surface area contributed by atoms with Gasteiger partial charge in [0.05, 0.1) is 4.47 Å². The van der Waals surface area contributed by atoms with Crippen molar-refractivity contribution in [3.8, 4) is 0 Å². The van der Waals surface area contributed by atoms with Crippen LogP contribution in [0, 0.1) is 6.92 Å². The smallest absolute Gasteiger partial charge is 0.263 e. The lowest BCUT2D eigenvalue weighted by Crippen LogP contribution is -2.07. The fourth-order valence-electron chi connectivity index (χ4n) is 1.05. The average Bonchev–Trinajstić information content (AvgIpc) is 2.08. The van der Waals surface area contributed by atoms with Crippen LogP contribution in [0.4, 0.5) is 0 Å². The van der Waals surface area contributed by atoms with Crippen molar-refractivity contribution in [1.29, 1.82) is 0 Å². The molecule has 1 N–H and O–H groups in total. The van der Waals surface area contributed by atoms with Crippen molar-refractivity contribution in [3.05, 3.63) is 32.9 Å². The van der Waals surface area contributed by atoms with Gasteiger partial charge in [-0.15, -0.1) is 0 Å². The second-order valence-corrected chi connectivity index (χ2v) is 3.52. The lowest BCUT2D eigenvalue weighted by molar-refractivity contribution is 1.06. The number of hydrogen-bond acceptors (Lipinski definition) is 3. The molecule has 0 unspecified atom stereocenters. The van der Waals surface area contributed by atoms with Crippen LogP contribution in [0.1, 0.15) is 5.82 Å². The standard InChI is InChI=1S/C8H6BrN3O/c1-4-10-3-5-2-6(9)8(13)12-7(5)11-4/h2-3H,1H3,(H,10,11,12,13). The van der Waals surface area contributed by atoms with Crippen molar-refractivity contribution in [1.82, 2.24) is 15.0 Å². The van der Waals surface area contributed by atoms with Crippen molar-refractivity contribution < 1.29 is 0 Å². The molecule has 0 aromatic carbocycles. The van der Waals surface area contributed by atoms with E-state index in [1.165, 1.54) is 0 Å². The van der Waals surface area contributed by atoms with E-state index in [0.29, 0.717) is 15.9 Å². The van der Waals surface area contributed by atoms with Crippen LogP contribution in [-0.4, -0.2) is 15.0 Å². The number of nitrogens with one attached hydrogen (secondary N) is 1. The molecule has 0 aliphatic heterocycles. The zero-order valence-corrected chi connectivity index (χ0v) is 8.42. The zero-order valence-electron chi connectivity index (χ0n) is 6.84. The highest BCUT2D eigenvalue weighted by atomic mass is 79.9. The monoisotopic (exact) mass is 239 g/mol. The van der Waals surface area contributed by atoms with Crippen LogP contribution in [0.5, 0.6) is 0 Å². The Labute approximate surface area is 82.2 Å². The van der Waals surface area contributed by atoms with Crippen molar-refractivity contribution in [2.24, 2.45) is 0 Å². The molecular formula is C8H6BrN3O. The van der Waals surface area contributed by atoms with Gasteiger partial charge in [0.25, 0.3) is 5.56 Å². The van der Waals surface area contributed by atoms with Crippen LogP contribution in [0.3, 0.4) is 0 Å². The second kappa shape index (κ2) is 2.92. The number of aryl methyl sites for hydroxylation is 1. The molecule has 0 aliphatic carbocycles. The molecule has 13 heavy (non-hydrogen) atoms. The van der Waals surface area contributed by atoms with E-state index in [2.05, 4.69) is 30.9 Å². The summed E-state index contributed by atoms with van der Waals surface area (Å²) in [7, 11) is 0. The first-order valence-electron chi connectivity index (χ1n) is 3.69. The molecule has 0 bridgehead atoms. The molecular weight excluding hydrogens is 234 g/mol. The molecule has 0 atom stereocenters. The van der Waals surface area contributed by atoms with Gasteiger partial charge in [0.1, 0.15) is 11.5 Å². The Bertz CT molecular complexity index is 520. The summed E-state index contributed by atoms with van der Waals surface area (Å²) in [4.78, 5) is 21.9. The zero-order chi connectivity index (χ0) is 9.42. The summed E-state index contributed by atoms with van der Waals surface area (Å²) in [5.74, 6) is 0.644. The summed E-state index contributed by atoms with van der Waals surface area (Å²) >= 11 is 3.14. The van der Waals surface area contributed by atoms with Crippen LogP contribution in [-0.2, 0) is 0 Å². The molecule has 0 saturated carbocycles. The molecule has 0 amide bonds. The fourth-order valence-corrected chi connectivity index (χ4v) is 1.40. The van der Waals surface area contributed by atoms with E-state index in [1.54, 1.807) is 19.2 Å². The number of halogens is 1. The molecule has 4 nitrogen and oxygen atoms in total. The largest absolute Gasteiger partial charge is 0.305 e. The predicted octanol–water partition coefficient (Wildman–Crippen LogP) is 1.39. The Balaban J connectivity index is 2.89. The summed E-state index contributed by atoms with van der Waals surface area (Å²) in [6, 6.07) is 1.70. The van der Waals surface area contributed by atoms with Crippen LogP contribution < -0.4 is 5.56 Å². The third-order valence-corrected chi connectivity index (χ3v) is 2.26. The first-order chi connectivity index (χ1) is 6.16. The van der Waals surface area contributed by atoms with Gasteiger partial charge >= 0.3 is 0 Å². The number of aromatic amines is 1. The van der Waals surface area contributed by atoms with Crippen molar-refractivity contribution in [2.75, 3.05) is 0 Å². The SMILES string of the molecule is Cc1ncc2cc(Br)c(=O)[nH]c2n1. The van der Waals surface area contributed by atoms with Gasteiger partial charge < -0.3 is 4.98 Å². The van der Waals surface area contributed by atoms with Crippen LogP contribution in [0.25, 0.3) is 11.0 Å². The first kappa shape index (κ1) is 8.37. The first-order valence-corrected chi connectivity index (χ1v) is 4.48. The van der Waals surface area contributed by atoms with E-state index in [1.807, 2.05) is 0 Å². The van der Waals surface area contributed by atoms with E-state index < -0.39 is 0 Å². The van der Waals surface area contributed by atoms with E-state index >= 15 is 0 Å². The Morgan fingerprint density at radius 3 is 3.08 bits per heavy atom. The highest BCUT2D eigenvalue weighted by Crippen LogP contribution is 2.10. The lowest BCUT2D eigenvalue weighted by Gasteiger charge is -1.97. The van der Waals surface area contributed by atoms with Crippen LogP contribution in [0.15, 0.2) is 21.5 Å². The molecule has 0 fully saturated rings. The van der Waals surface area contributed by atoms with E-state index in [-0.39, 0.29) is 5.56 Å². The molecule has 2 aromatic heterocycles. The maximum atomic E-state index is 11.2. The summed E-state index contributed by atoms with van der Waals surface area (Å²) in [5, 5.41) is 0.817. The number of H-pyrrole nitrogens is 1. The van der Waals surface area contributed by atoms with Gasteiger partial charge in [0, 0.05) is 11.6 Å². The number of fused-ring (bicyclic) bond motifs is 1. The highest BCUT2D eigenvalue weighted by molar-refractivity contribution is 9.10. The lowest BCUT2D eigenvalue weighted by atomic mass is 10.3. The maximum Gasteiger partial charge on any atom is 0.263 e. The summed E-state index contributed by atoms with van der Waals surface area (Å²) < 4.78 is 0.493. The van der Waals surface area contributed by atoms with Gasteiger partial charge in [0.15, 0.2) is 0 Å². The minimum Gasteiger partial charge on any atom is -0.305 e. The van der Waals surface area contributed by atoms with Gasteiger partial charge in [-0.3, -0.25) is 4.79 Å². The Morgan fingerprint density at radius 1 is 1.54 bits per heavy atom. The third-order valence-electron chi connectivity index (χ3n) is 1.67. The fraction of sp³-hybridized carbons (Fsp3) is 0.125. The number of nitrogens with zero attached hydrogens (tertiary/aromatic N) is 2. The molecule has 2 aromatic rings. The van der Waals surface area contributed by atoms with Crippen LogP contribution in [0.2, 0.25) is 0 Å². The van der Waals surface area contributed by atoms with E-state index in [4.69, 9.17) is 0 Å². The normalized spacial score (nSPS) is 10.6. The van der Waals surface area contributed by atoms with Crippen molar-refractivity contribution in [3.63, 3.8) is 0 Å². The topological polar surface area (TPSA) is 58.6 Å². The molecule has 0 aliphatic rings. The Morgan fingerprint density at radius 2 is 2.31 bits per heavy atom. The average molecular weight is 240 g/mol. The predicted molar refractivity (Wildman–Crippen MR) is 52.6 cm³/mol. The molecule has 66 valence electrons. The summed E-state index contributed by atoms with van der Waals surface area (Å²) in [5.41, 5.74) is 0.395. The van der Waals surface area contributed by atoms with Gasteiger partial charge in [-0.05, 0) is 28.9 Å². The quantitative estimate of drug-likeness (QED) is 0.756. The van der Waals surface area contributed by atoms with Crippen molar-refractivity contribution in [2.45, 2.75) is 6.92 Å². The van der Waals surface area contributed by atoms with Gasteiger partial charge in [0.2, 0.25) is 0 Å². The number of rotatable bonds is 0. The second-order valence-electron chi connectivity index (χ2n) is 2.67. The molecule has 0 saturated heterocycles. The third kappa shape index (κ3) is 1.47. The van der Waals surface area contributed by atoms with Crippen LogP contribution >= 0.6 is 15.9 Å². The minimum absolute atomic E-state index is 0.175. The number of aromatic nitrogens is 3. The highest BCUT2D eigenvalue weighted by Gasteiger charge is 2.00. The van der Waals surface area contributed by atoms with Gasteiger partial charge in [-0.25, -0.2) is 9.97 Å². The van der Waals surface area contributed by atoms with Crippen molar-refractivity contribution >= 4 is 27.0 Å². The Hall–Kier alpha value is -1.23. The molecule has 0 spiro atoms. The van der Waals surface area contributed by atoms with E-state index in [0.717, 1.165) is 5.39 Å². The minimum atomic E-state index is -0.175. The van der Waals surface area contributed by atoms with Gasteiger partial charge in [-0.2, -0.15) is 0 Å². The van der Waals surface area contributed by atoms with Gasteiger partial charge in [-0.1, -0.05) is 0 Å². The maximum absolute atomic E-state index is 11.2. The summed E-state index contributed by atoms with van der Waals surface area (Å²) in [6.07, 6.45) is 1.68. The van der Waals surface area contributed by atoms with E-state index in [9.17, 15) is 4.79 Å². The molecule has 2 heterocycles. The Kier molecular flexibility index (Phi) is 1.88. The molecule has 5 heteroatoms. The number of hydrogen-bond donors (Lipinski definition) is 1. The summed E-state index contributed by atoms with van der Waals surface area (Å²) in [6.45, 7) is 1.78. The number of pyridine rings is 1. The molecule has 2 rings (SSSR count). The molecule has 0 radical (unpaired) electrons.